The van der Waals surface area contributed by atoms with Gasteiger partial charge in [0, 0.05) is 11.6 Å². The first kappa shape index (κ1) is 14.5. The van der Waals surface area contributed by atoms with E-state index >= 15 is 0 Å². The van der Waals surface area contributed by atoms with Crippen LogP contribution in [0.15, 0.2) is 24.3 Å². The molecule has 1 aliphatic heterocycles. The Balaban J connectivity index is 1.49. The van der Waals surface area contributed by atoms with Crippen molar-refractivity contribution in [3.05, 3.63) is 30.1 Å². The minimum absolute atomic E-state index is 0.0332. The molecule has 1 aliphatic carbocycles. The molecule has 21 heavy (non-hydrogen) atoms. The van der Waals surface area contributed by atoms with Gasteiger partial charge in [0.05, 0.1) is 13.1 Å². The van der Waals surface area contributed by atoms with E-state index in [1.54, 1.807) is 12.1 Å². The van der Waals surface area contributed by atoms with Gasteiger partial charge in [-0.2, -0.15) is 0 Å². The number of anilines is 1. The van der Waals surface area contributed by atoms with Gasteiger partial charge in [-0.05, 0) is 49.4 Å². The van der Waals surface area contributed by atoms with Gasteiger partial charge in [-0.15, -0.1) is 0 Å². The number of hydrogen-bond acceptors (Lipinski definition) is 1. The topological polar surface area (TPSA) is 33.5 Å². The normalized spacial score (nSPS) is 28.7. The number of fused-ring (bicyclic) bond motifs is 1. The van der Waals surface area contributed by atoms with Crippen LogP contribution in [0.2, 0.25) is 0 Å². The summed E-state index contributed by atoms with van der Waals surface area (Å²) in [6.07, 6.45) is 6.75. The van der Waals surface area contributed by atoms with Gasteiger partial charge in [0.2, 0.25) is 0 Å². The molecular weight excluding hydrogens is 267 g/mol. The van der Waals surface area contributed by atoms with Gasteiger partial charge in [0.1, 0.15) is 5.82 Å². The number of carbonyl (C=O) groups excluding carboxylic acids is 1. The van der Waals surface area contributed by atoms with Crippen LogP contribution < -0.4 is 10.2 Å². The third-order valence-corrected chi connectivity index (χ3v) is 5.02. The molecule has 3 rings (SSSR count). The molecule has 1 saturated carbocycles. The van der Waals surface area contributed by atoms with Gasteiger partial charge in [-0.25, -0.2) is 4.39 Å². The van der Waals surface area contributed by atoms with Crippen molar-refractivity contribution in [3.8, 4) is 0 Å². The highest BCUT2D eigenvalue weighted by molar-refractivity contribution is 5.91. The van der Waals surface area contributed by atoms with Gasteiger partial charge in [-0.1, -0.05) is 12.8 Å². The van der Waals surface area contributed by atoms with Crippen molar-refractivity contribution in [1.29, 1.82) is 0 Å². The number of carbonyl (C=O) groups is 1. The fourth-order valence-corrected chi connectivity index (χ4v) is 3.92. The number of benzene rings is 1. The van der Waals surface area contributed by atoms with E-state index in [2.05, 4.69) is 5.32 Å². The SMILES string of the molecule is O=C(C[NH+]1CC[C@H]2CCCC[C@@H]2C1)Nc1ccc(F)cc1. The molecule has 1 heterocycles. The van der Waals surface area contributed by atoms with Crippen LogP contribution in [0.4, 0.5) is 10.1 Å². The fourth-order valence-electron chi connectivity index (χ4n) is 3.92. The lowest BCUT2D eigenvalue weighted by molar-refractivity contribution is -0.902. The van der Waals surface area contributed by atoms with Gasteiger partial charge in [0.25, 0.3) is 5.91 Å². The average molecular weight is 291 g/mol. The maximum Gasteiger partial charge on any atom is 0.279 e. The lowest BCUT2D eigenvalue weighted by Gasteiger charge is -2.38. The highest BCUT2D eigenvalue weighted by Gasteiger charge is 2.34. The molecule has 1 aromatic rings. The quantitative estimate of drug-likeness (QED) is 0.875. The number of quaternary nitrogens is 1. The molecule has 114 valence electrons. The number of amides is 1. The Morgan fingerprint density at radius 2 is 1.86 bits per heavy atom. The van der Waals surface area contributed by atoms with E-state index < -0.39 is 0 Å². The van der Waals surface area contributed by atoms with Crippen molar-refractivity contribution in [2.75, 3.05) is 25.0 Å². The molecule has 3 nitrogen and oxygen atoms in total. The molecule has 2 fully saturated rings. The summed E-state index contributed by atoms with van der Waals surface area (Å²) >= 11 is 0. The van der Waals surface area contributed by atoms with Gasteiger partial charge < -0.3 is 10.2 Å². The van der Waals surface area contributed by atoms with Crippen molar-refractivity contribution < 1.29 is 14.1 Å². The minimum Gasteiger partial charge on any atom is -0.327 e. The zero-order chi connectivity index (χ0) is 14.7. The van der Waals surface area contributed by atoms with Crippen molar-refractivity contribution in [2.45, 2.75) is 32.1 Å². The van der Waals surface area contributed by atoms with E-state index in [0.717, 1.165) is 24.9 Å². The van der Waals surface area contributed by atoms with Crippen LogP contribution in [0.1, 0.15) is 32.1 Å². The molecule has 0 aromatic heterocycles. The molecule has 4 heteroatoms. The zero-order valence-corrected chi connectivity index (χ0v) is 12.4. The van der Waals surface area contributed by atoms with E-state index in [0.29, 0.717) is 12.2 Å². The Morgan fingerprint density at radius 3 is 2.62 bits per heavy atom. The number of nitrogens with one attached hydrogen (secondary N) is 2. The van der Waals surface area contributed by atoms with E-state index in [9.17, 15) is 9.18 Å². The first-order chi connectivity index (χ1) is 10.2. The first-order valence-corrected chi connectivity index (χ1v) is 8.10. The Labute approximate surface area is 125 Å². The van der Waals surface area contributed by atoms with Crippen LogP contribution in [0, 0.1) is 17.7 Å². The summed E-state index contributed by atoms with van der Waals surface area (Å²) in [7, 11) is 0. The predicted molar refractivity (Wildman–Crippen MR) is 80.7 cm³/mol. The molecule has 2 N–H and O–H groups in total. The lowest BCUT2D eigenvalue weighted by Crippen LogP contribution is -3.15. The maximum atomic E-state index is 12.8. The van der Waals surface area contributed by atoms with Crippen molar-refractivity contribution in [3.63, 3.8) is 0 Å². The van der Waals surface area contributed by atoms with Gasteiger partial charge in [-0.3, -0.25) is 4.79 Å². The highest BCUT2D eigenvalue weighted by Crippen LogP contribution is 2.32. The summed E-state index contributed by atoms with van der Waals surface area (Å²) < 4.78 is 12.8. The van der Waals surface area contributed by atoms with E-state index in [4.69, 9.17) is 0 Å². The third-order valence-electron chi connectivity index (χ3n) is 5.02. The molecular formula is C17H24FN2O+. The van der Waals surface area contributed by atoms with Crippen LogP contribution in [0.5, 0.6) is 0 Å². The lowest BCUT2D eigenvalue weighted by atomic mass is 9.75. The van der Waals surface area contributed by atoms with E-state index in [1.807, 2.05) is 0 Å². The molecule has 1 unspecified atom stereocenters. The Bertz CT molecular complexity index is 488. The second-order valence-electron chi connectivity index (χ2n) is 6.53. The Morgan fingerprint density at radius 1 is 1.14 bits per heavy atom. The molecule has 1 amide bonds. The summed E-state index contributed by atoms with van der Waals surface area (Å²) in [5.41, 5.74) is 0.674. The summed E-state index contributed by atoms with van der Waals surface area (Å²) in [4.78, 5) is 13.5. The van der Waals surface area contributed by atoms with Crippen molar-refractivity contribution >= 4 is 11.6 Å². The number of rotatable bonds is 3. The van der Waals surface area contributed by atoms with Crippen LogP contribution in [0.3, 0.4) is 0 Å². The number of hydrogen-bond donors (Lipinski definition) is 2. The summed E-state index contributed by atoms with van der Waals surface area (Å²) in [6, 6.07) is 5.96. The second kappa shape index (κ2) is 6.56. The first-order valence-electron chi connectivity index (χ1n) is 8.10. The smallest absolute Gasteiger partial charge is 0.279 e. The molecule has 1 aromatic carbocycles. The van der Waals surface area contributed by atoms with Gasteiger partial charge in [0.15, 0.2) is 6.54 Å². The Kier molecular flexibility index (Phi) is 4.54. The molecule has 0 spiro atoms. The number of halogens is 1. The van der Waals surface area contributed by atoms with Crippen LogP contribution in [-0.4, -0.2) is 25.5 Å². The summed E-state index contributed by atoms with van der Waals surface area (Å²) in [5.74, 6) is 1.48. The predicted octanol–water partition coefficient (Wildman–Crippen LogP) is 1.86. The van der Waals surface area contributed by atoms with E-state index in [-0.39, 0.29) is 11.7 Å². The third kappa shape index (κ3) is 3.82. The largest absolute Gasteiger partial charge is 0.327 e. The summed E-state index contributed by atoms with van der Waals surface area (Å²) in [5, 5.41) is 2.86. The van der Waals surface area contributed by atoms with E-state index in [1.165, 1.54) is 49.1 Å². The standard InChI is InChI=1S/C17H23FN2O/c18-15-5-7-16(8-6-15)19-17(21)12-20-10-9-13-3-1-2-4-14(13)11-20/h5-8,13-14H,1-4,9-12H2,(H,19,21)/p+1/t13-,14-/m1/s1. The minimum atomic E-state index is -0.280. The molecule has 3 atom stereocenters. The second-order valence-corrected chi connectivity index (χ2v) is 6.53. The van der Waals surface area contributed by atoms with Gasteiger partial charge >= 0.3 is 0 Å². The maximum absolute atomic E-state index is 12.8. The molecule has 2 aliphatic rings. The van der Waals surface area contributed by atoms with Crippen LogP contribution in [-0.2, 0) is 4.79 Å². The molecule has 0 radical (unpaired) electrons. The number of piperidine rings is 1. The van der Waals surface area contributed by atoms with Crippen molar-refractivity contribution in [1.82, 2.24) is 0 Å². The van der Waals surface area contributed by atoms with Crippen LogP contribution >= 0.6 is 0 Å². The Hall–Kier alpha value is -1.42. The number of likely N-dealkylation sites (tertiary alicyclic amines) is 1. The van der Waals surface area contributed by atoms with Crippen LogP contribution in [0.25, 0.3) is 0 Å². The highest BCUT2D eigenvalue weighted by atomic mass is 19.1. The van der Waals surface area contributed by atoms with Crippen molar-refractivity contribution in [2.24, 2.45) is 11.8 Å². The zero-order valence-electron chi connectivity index (χ0n) is 12.4. The summed E-state index contributed by atoms with van der Waals surface area (Å²) in [6.45, 7) is 2.78. The molecule has 1 saturated heterocycles. The monoisotopic (exact) mass is 291 g/mol. The fraction of sp³-hybridized carbons (Fsp3) is 0.588. The molecule has 0 bridgehead atoms. The average Bonchev–Trinajstić information content (AvgIpc) is 2.49.